The van der Waals surface area contributed by atoms with Crippen molar-refractivity contribution in [2.75, 3.05) is 6.54 Å². The first-order valence-corrected chi connectivity index (χ1v) is 5.84. The zero-order valence-corrected chi connectivity index (χ0v) is 10.9. The van der Waals surface area contributed by atoms with Crippen LogP contribution in [0, 0.1) is 12.3 Å². The van der Waals surface area contributed by atoms with E-state index in [-0.39, 0.29) is 12.5 Å². The first-order valence-electron chi connectivity index (χ1n) is 5.84. The van der Waals surface area contributed by atoms with E-state index in [1.54, 1.807) is 39.1 Å². The van der Waals surface area contributed by atoms with Crippen molar-refractivity contribution in [1.82, 2.24) is 10.3 Å². The molecule has 0 bridgehead atoms. The highest BCUT2D eigenvalue weighted by Gasteiger charge is 2.31. The van der Waals surface area contributed by atoms with Crippen LogP contribution in [-0.2, 0) is 4.79 Å². The Morgan fingerprint density at radius 2 is 2.17 bits per heavy atom. The molecule has 1 aromatic heterocycles. The topological polar surface area (TPSA) is 79.3 Å². The van der Waals surface area contributed by atoms with Crippen LogP contribution < -0.4 is 5.32 Å². The maximum atomic E-state index is 11.9. The van der Waals surface area contributed by atoms with Gasteiger partial charge in [-0.1, -0.05) is 6.92 Å². The van der Waals surface area contributed by atoms with E-state index in [0.29, 0.717) is 17.7 Å². The number of pyridine rings is 1. The lowest BCUT2D eigenvalue weighted by Gasteiger charge is -2.23. The lowest BCUT2D eigenvalue weighted by Crippen LogP contribution is -2.40. The summed E-state index contributed by atoms with van der Waals surface area (Å²) in [6.07, 6.45) is 2.06. The average Bonchev–Trinajstić information content (AvgIpc) is 2.35. The van der Waals surface area contributed by atoms with E-state index in [0.717, 1.165) is 0 Å². The number of aromatic nitrogens is 1. The third-order valence-electron chi connectivity index (χ3n) is 3.19. The number of amides is 1. The summed E-state index contributed by atoms with van der Waals surface area (Å²) in [4.78, 5) is 27.0. The minimum absolute atomic E-state index is 0.103. The molecule has 2 N–H and O–H groups in total. The van der Waals surface area contributed by atoms with Crippen LogP contribution in [0.15, 0.2) is 18.3 Å². The summed E-state index contributed by atoms with van der Waals surface area (Å²) >= 11 is 0. The van der Waals surface area contributed by atoms with Gasteiger partial charge in [0.15, 0.2) is 0 Å². The number of rotatable bonds is 5. The molecule has 1 amide bonds. The summed E-state index contributed by atoms with van der Waals surface area (Å²) in [5.41, 5.74) is 0.163. The third kappa shape index (κ3) is 3.06. The molecule has 1 rings (SSSR count). The minimum atomic E-state index is -0.939. The van der Waals surface area contributed by atoms with Crippen LogP contribution in [0.3, 0.4) is 0 Å². The molecule has 0 aromatic carbocycles. The second-order valence-electron chi connectivity index (χ2n) is 4.54. The second kappa shape index (κ2) is 5.62. The van der Waals surface area contributed by atoms with Gasteiger partial charge in [0.25, 0.3) is 5.91 Å². The zero-order valence-electron chi connectivity index (χ0n) is 10.9. The van der Waals surface area contributed by atoms with Crippen LogP contribution in [-0.4, -0.2) is 28.5 Å². The molecule has 1 atom stereocenters. The molecule has 1 unspecified atom stereocenters. The summed E-state index contributed by atoms with van der Waals surface area (Å²) < 4.78 is 0. The Morgan fingerprint density at radius 3 is 2.67 bits per heavy atom. The van der Waals surface area contributed by atoms with E-state index < -0.39 is 11.4 Å². The number of hydrogen-bond acceptors (Lipinski definition) is 3. The molecule has 0 aliphatic heterocycles. The highest BCUT2D eigenvalue weighted by molar-refractivity contribution is 5.95. The Hall–Kier alpha value is -1.91. The maximum Gasteiger partial charge on any atom is 0.311 e. The van der Waals surface area contributed by atoms with E-state index >= 15 is 0 Å². The van der Waals surface area contributed by atoms with Gasteiger partial charge >= 0.3 is 5.97 Å². The number of aryl methyl sites for hydroxylation is 1. The summed E-state index contributed by atoms with van der Waals surface area (Å²) in [7, 11) is 0. The van der Waals surface area contributed by atoms with Crippen molar-refractivity contribution in [3.63, 3.8) is 0 Å². The third-order valence-corrected chi connectivity index (χ3v) is 3.19. The summed E-state index contributed by atoms with van der Waals surface area (Å²) in [5.74, 6) is -1.20. The quantitative estimate of drug-likeness (QED) is 0.832. The molecule has 0 saturated carbocycles. The SMILES string of the molecule is CCC(C)(CNC(=O)c1cccnc1C)C(=O)O. The van der Waals surface area contributed by atoms with Crippen molar-refractivity contribution in [2.45, 2.75) is 27.2 Å². The Balaban J connectivity index is 2.73. The molecule has 0 aliphatic carbocycles. The van der Waals surface area contributed by atoms with Crippen molar-refractivity contribution in [3.05, 3.63) is 29.6 Å². The van der Waals surface area contributed by atoms with Gasteiger partial charge in [0.2, 0.25) is 0 Å². The molecule has 5 heteroatoms. The summed E-state index contributed by atoms with van der Waals surface area (Å²) in [6, 6.07) is 3.35. The molecule has 5 nitrogen and oxygen atoms in total. The Morgan fingerprint density at radius 1 is 1.50 bits per heavy atom. The first-order chi connectivity index (χ1) is 8.40. The lowest BCUT2D eigenvalue weighted by atomic mass is 9.87. The number of nitrogens with zero attached hydrogens (tertiary/aromatic N) is 1. The summed E-state index contributed by atoms with van der Waals surface area (Å²) in [5, 5.41) is 11.8. The van der Waals surface area contributed by atoms with Crippen LogP contribution >= 0.6 is 0 Å². The molecule has 98 valence electrons. The first kappa shape index (κ1) is 14.2. The molecule has 1 aromatic rings. The molecule has 0 aliphatic rings. The van der Waals surface area contributed by atoms with Crippen molar-refractivity contribution >= 4 is 11.9 Å². The van der Waals surface area contributed by atoms with Crippen LogP contribution in [0.2, 0.25) is 0 Å². The van der Waals surface area contributed by atoms with Gasteiger partial charge in [-0.3, -0.25) is 14.6 Å². The zero-order chi connectivity index (χ0) is 13.8. The number of aliphatic carboxylic acids is 1. The van der Waals surface area contributed by atoms with E-state index in [1.807, 2.05) is 0 Å². The molecule has 0 saturated heterocycles. The Bertz CT molecular complexity index is 459. The molecule has 18 heavy (non-hydrogen) atoms. The van der Waals surface area contributed by atoms with Gasteiger partial charge in [-0.15, -0.1) is 0 Å². The van der Waals surface area contributed by atoms with Gasteiger partial charge in [-0.05, 0) is 32.4 Å². The number of carbonyl (C=O) groups excluding carboxylic acids is 1. The van der Waals surface area contributed by atoms with Gasteiger partial charge in [-0.2, -0.15) is 0 Å². The Labute approximate surface area is 106 Å². The highest BCUT2D eigenvalue weighted by Crippen LogP contribution is 2.20. The van der Waals surface area contributed by atoms with Gasteiger partial charge < -0.3 is 10.4 Å². The van der Waals surface area contributed by atoms with Crippen LogP contribution in [0.5, 0.6) is 0 Å². The number of carboxylic acid groups (broad SMARTS) is 1. The second-order valence-corrected chi connectivity index (χ2v) is 4.54. The van der Waals surface area contributed by atoms with Crippen molar-refractivity contribution < 1.29 is 14.7 Å². The maximum absolute atomic E-state index is 11.9. The predicted octanol–water partition coefficient (Wildman–Crippen LogP) is 1.62. The van der Waals surface area contributed by atoms with Crippen LogP contribution in [0.4, 0.5) is 0 Å². The molecular formula is C13H18N2O3. The van der Waals surface area contributed by atoms with Crippen molar-refractivity contribution in [1.29, 1.82) is 0 Å². The van der Waals surface area contributed by atoms with Gasteiger partial charge in [0.05, 0.1) is 11.0 Å². The van der Waals surface area contributed by atoms with Crippen LogP contribution in [0.1, 0.15) is 36.3 Å². The van der Waals surface area contributed by atoms with E-state index in [2.05, 4.69) is 10.3 Å². The van der Waals surface area contributed by atoms with Gasteiger partial charge in [0.1, 0.15) is 0 Å². The molecule has 1 heterocycles. The minimum Gasteiger partial charge on any atom is -0.481 e. The number of carbonyl (C=O) groups is 2. The molecule has 0 spiro atoms. The Kier molecular flexibility index (Phi) is 4.42. The van der Waals surface area contributed by atoms with Crippen molar-refractivity contribution in [2.24, 2.45) is 5.41 Å². The predicted molar refractivity (Wildman–Crippen MR) is 67.3 cm³/mol. The smallest absolute Gasteiger partial charge is 0.311 e. The number of carboxylic acids is 1. The van der Waals surface area contributed by atoms with E-state index in [1.165, 1.54) is 0 Å². The molecular weight excluding hydrogens is 232 g/mol. The van der Waals surface area contributed by atoms with Crippen molar-refractivity contribution in [3.8, 4) is 0 Å². The van der Waals surface area contributed by atoms with E-state index in [9.17, 15) is 9.59 Å². The fourth-order valence-electron chi connectivity index (χ4n) is 1.45. The standard InChI is InChI=1S/C13H18N2O3/c1-4-13(3,12(17)18)8-15-11(16)10-6-5-7-14-9(10)2/h5-7H,4,8H2,1-3H3,(H,15,16)(H,17,18). The largest absolute Gasteiger partial charge is 0.481 e. The van der Waals surface area contributed by atoms with Gasteiger partial charge in [0, 0.05) is 18.4 Å². The fourth-order valence-corrected chi connectivity index (χ4v) is 1.45. The van der Waals surface area contributed by atoms with Crippen LogP contribution in [0.25, 0.3) is 0 Å². The molecule has 0 radical (unpaired) electrons. The number of hydrogen-bond donors (Lipinski definition) is 2. The lowest BCUT2D eigenvalue weighted by molar-refractivity contribution is -0.147. The monoisotopic (exact) mass is 250 g/mol. The summed E-state index contributed by atoms with van der Waals surface area (Å²) in [6.45, 7) is 5.25. The van der Waals surface area contributed by atoms with E-state index in [4.69, 9.17) is 5.11 Å². The molecule has 0 fully saturated rings. The van der Waals surface area contributed by atoms with Gasteiger partial charge in [-0.25, -0.2) is 0 Å². The highest BCUT2D eigenvalue weighted by atomic mass is 16.4. The normalized spacial score (nSPS) is 13.7. The average molecular weight is 250 g/mol. The number of nitrogens with one attached hydrogen (secondary N) is 1. The fraction of sp³-hybridized carbons (Fsp3) is 0.462.